The van der Waals surface area contributed by atoms with Gasteiger partial charge < -0.3 is 13.8 Å². The smallest absolute Gasteiger partial charge is 0.422 e. The van der Waals surface area contributed by atoms with E-state index >= 15 is 0 Å². The molecule has 1 aliphatic carbocycles. The molecule has 0 unspecified atom stereocenters. The molecular weight excluding hydrogens is 365 g/mol. The number of alkyl halides is 3. The van der Waals surface area contributed by atoms with Crippen molar-refractivity contribution in [3.05, 3.63) is 41.0 Å². The summed E-state index contributed by atoms with van der Waals surface area (Å²) in [5.41, 5.74) is 2.31. The average Bonchev–Trinajstić information content (AvgIpc) is 3.27. The molecule has 3 aromatic rings. The zero-order valence-electron chi connectivity index (χ0n) is 14.1. The number of aryl methyl sites for hydroxylation is 1. The summed E-state index contributed by atoms with van der Waals surface area (Å²) in [4.78, 5) is 8.20. The van der Waals surface area contributed by atoms with Crippen molar-refractivity contribution in [2.75, 3.05) is 6.61 Å². The Morgan fingerprint density at radius 2 is 1.93 bits per heavy atom. The Labute approximate surface area is 151 Å². The topological polar surface area (TPSA) is 87.1 Å². The Morgan fingerprint density at radius 3 is 2.70 bits per heavy atom. The monoisotopic (exact) mass is 380 g/mol. The maximum atomic E-state index is 12.1. The normalized spacial score (nSPS) is 14.2. The zero-order valence-corrected chi connectivity index (χ0v) is 14.1. The first-order valence-corrected chi connectivity index (χ1v) is 8.43. The fourth-order valence-electron chi connectivity index (χ4n) is 2.91. The van der Waals surface area contributed by atoms with Gasteiger partial charge in [0.15, 0.2) is 18.1 Å². The van der Waals surface area contributed by atoms with Crippen LogP contribution in [0.4, 0.5) is 13.2 Å². The van der Waals surface area contributed by atoms with Gasteiger partial charge in [-0.25, -0.2) is 4.98 Å². The minimum Gasteiger partial charge on any atom is -0.468 e. The van der Waals surface area contributed by atoms with Gasteiger partial charge in [-0.2, -0.15) is 18.2 Å². The lowest BCUT2D eigenvalue weighted by Gasteiger charge is -2.08. The van der Waals surface area contributed by atoms with E-state index in [0.717, 1.165) is 37.0 Å². The van der Waals surface area contributed by atoms with E-state index in [1.54, 1.807) is 6.07 Å². The molecule has 0 radical (unpaired) electrons. The summed E-state index contributed by atoms with van der Waals surface area (Å²) >= 11 is 0. The van der Waals surface area contributed by atoms with Crippen molar-refractivity contribution in [3.8, 4) is 17.5 Å². The fraction of sp³-hybridized carbons (Fsp3) is 0.412. The number of hydrogen-bond acceptors (Lipinski definition) is 7. The second kappa shape index (κ2) is 7.01. The van der Waals surface area contributed by atoms with Crippen LogP contribution in [0.3, 0.4) is 0 Å². The van der Waals surface area contributed by atoms with E-state index in [9.17, 15) is 13.2 Å². The van der Waals surface area contributed by atoms with Gasteiger partial charge in [0.2, 0.25) is 5.88 Å². The molecule has 0 atom stereocenters. The first kappa shape index (κ1) is 17.5. The van der Waals surface area contributed by atoms with Crippen LogP contribution >= 0.6 is 0 Å². The van der Waals surface area contributed by atoms with E-state index in [4.69, 9.17) is 9.05 Å². The molecule has 0 N–H and O–H groups in total. The molecule has 3 heterocycles. The van der Waals surface area contributed by atoms with Gasteiger partial charge in [0.1, 0.15) is 5.76 Å². The Kier molecular flexibility index (Phi) is 4.54. The van der Waals surface area contributed by atoms with Crippen LogP contribution in [0, 0.1) is 0 Å². The van der Waals surface area contributed by atoms with Crippen LogP contribution in [0.5, 0.6) is 5.88 Å². The number of fused-ring (bicyclic) bond motifs is 1. The van der Waals surface area contributed by atoms with Gasteiger partial charge in [0, 0.05) is 30.7 Å². The molecule has 0 spiro atoms. The van der Waals surface area contributed by atoms with E-state index in [1.807, 2.05) is 0 Å². The van der Waals surface area contributed by atoms with Gasteiger partial charge >= 0.3 is 6.18 Å². The lowest BCUT2D eigenvalue weighted by Crippen LogP contribution is -2.19. The number of nitrogens with zero attached hydrogens (tertiary/aromatic N) is 4. The van der Waals surface area contributed by atoms with Gasteiger partial charge in [0.25, 0.3) is 5.89 Å². The molecule has 0 aromatic carbocycles. The van der Waals surface area contributed by atoms with Crippen molar-refractivity contribution in [1.82, 2.24) is 20.3 Å². The molecule has 3 aromatic heterocycles. The third-order valence-electron chi connectivity index (χ3n) is 4.16. The molecule has 27 heavy (non-hydrogen) atoms. The zero-order chi connectivity index (χ0) is 18.9. The highest BCUT2D eigenvalue weighted by Gasteiger charge is 2.28. The highest BCUT2D eigenvalue weighted by Crippen LogP contribution is 2.30. The average molecular weight is 380 g/mol. The molecule has 142 valence electrons. The predicted octanol–water partition coefficient (Wildman–Crippen LogP) is 3.53. The van der Waals surface area contributed by atoms with Crippen LogP contribution in [0.15, 0.2) is 27.4 Å². The SMILES string of the molecule is FC(F)(F)COc1ccc(Cc2noc(-c3noc4c3CCCC4)n2)cn1. The quantitative estimate of drug-likeness (QED) is 0.669. The molecule has 0 fully saturated rings. The van der Waals surface area contributed by atoms with Crippen molar-refractivity contribution >= 4 is 0 Å². The Balaban J connectivity index is 1.43. The minimum absolute atomic E-state index is 0.0981. The molecule has 0 bridgehead atoms. The summed E-state index contributed by atoms with van der Waals surface area (Å²) in [6.45, 7) is -1.38. The standard InChI is InChI=1S/C17H15F3N4O3/c18-17(19,20)9-25-14-6-5-10(8-21-14)7-13-22-16(27-23-13)15-11-3-1-2-4-12(11)26-24-15/h5-6,8H,1-4,7,9H2. The van der Waals surface area contributed by atoms with Crippen LogP contribution in [-0.4, -0.2) is 33.1 Å². The number of ether oxygens (including phenoxy) is 1. The molecular formula is C17H15F3N4O3. The van der Waals surface area contributed by atoms with Gasteiger partial charge in [-0.15, -0.1) is 0 Å². The number of aromatic nitrogens is 4. The van der Waals surface area contributed by atoms with Gasteiger partial charge in [-0.05, 0) is 24.8 Å². The maximum absolute atomic E-state index is 12.1. The third-order valence-corrected chi connectivity index (χ3v) is 4.16. The molecule has 0 saturated carbocycles. The maximum Gasteiger partial charge on any atom is 0.422 e. The number of rotatable bonds is 5. The van der Waals surface area contributed by atoms with E-state index in [1.165, 1.54) is 12.3 Å². The first-order chi connectivity index (χ1) is 13.0. The molecule has 4 rings (SSSR count). The van der Waals surface area contributed by atoms with Crippen LogP contribution in [0.2, 0.25) is 0 Å². The van der Waals surface area contributed by atoms with E-state index in [2.05, 4.69) is 25.0 Å². The lowest BCUT2D eigenvalue weighted by molar-refractivity contribution is -0.154. The number of pyridine rings is 1. The van der Waals surface area contributed by atoms with Crippen LogP contribution < -0.4 is 4.74 Å². The van der Waals surface area contributed by atoms with E-state index in [0.29, 0.717) is 29.4 Å². The first-order valence-electron chi connectivity index (χ1n) is 8.43. The summed E-state index contributed by atoms with van der Waals surface area (Å²) in [5, 5.41) is 7.98. The van der Waals surface area contributed by atoms with Crippen molar-refractivity contribution in [3.63, 3.8) is 0 Å². The predicted molar refractivity (Wildman–Crippen MR) is 85.0 cm³/mol. The van der Waals surface area contributed by atoms with Gasteiger partial charge in [0.05, 0.1) is 0 Å². The number of hydrogen-bond donors (Lipinski definition) is 0. The lowest BCUT2D eigenvalue weighted by atomic mass is 9.96. The van der Waals surface area contributed by atoms with Crippen molar-refractivity contribution in [2.45, 2.75) is 38.3 Å². The van der Waals surface area contributed by atoms with Crippen LogP contribution in [0.1, 0.15) is 35.6 Å². The van der Waals surface area contributed by atoms with Crippen molar-refractivity contribution in [2.24, 2.45) is 0 Å². The van der Waals surface area contributed by atoms with E-state index < -0.39 is 12.8 Å². The Morgan fingerprint density at radius 1 is 1.07 bits per heavy atom. The van der Waals surface area contributed by atoms with Crippen molar-refractivity contribution < 1.29 is 27.0 Å². The second-order valence-electron chi connectivity index (χ2n) is 6.24. The third kappa shape index (κ3) is 4.09. The fourth-order valence-corrected chi connectivity index (χ4v) is 2.91. The Bertz CT molecular complexity index is 918. The van der Waals surface area contributed by atoms with Crippen LogP contribution in [0.25, 0.3) is 11.6 Å². The molecule has 0 amide bonds. The number of halogens is 3. The molecule has 0 saturated heterocycles. The van der Waals surface area contributed by atoms with Crippen LogP contribution in [-0.2, 0) is 19.3 Å². The molecule has 7 nitrogen and oxygen atoms in total. The highest BCUT2D eigenvalue weighted by molar-refractivity contribution is 5.54. The summed E-state index contributed by atoms with van der Waals surface area (Å²) in [5.74, 6) is 1.49. The molecule has 1 aliphatic rings. The van der Waals surface area contributed by atoms with Crippen molar-refractivity contribution in [1.29, 1.82) is 0 Å². The summed E-state index contributed by atoms with van der Waals surface area (Å²) < 4.78 is 51.6. The largest absolute Gasteiger partial charge is 0.468 e. The summed E-state index contributed by atoms with van der Waals surface area (Å²) in [7, 11) is 0. The summed E-state index contributed by atoms with van der Waals surface area (Å²) in [6, 6.07) is 2.97. The van der Waals surface area contributed by atoms with Gasteiger partial charge in [-0.1, -0.05) is 16.4 Å². The minimum atomic E-state index is -4.40. The van der Waals surface area contributed by atoms with E-state index in [-0.39, 0.29) is 5.88 Å². The second-order valence-corrected chi connectivity index (χ2v) is 6.24. The molecule has 0 aliphatic heterocycles. The molecule has 10 heteroatoms. The van der Waals surface area contributed by atoms with Gasteiger partial charge in [-0.3, -0.25) is 0 Å². The highest BCUT2D eigenvalue weighted by atomic mass is 19.4. The summed E-state index contributed by atoms with van der Waals surface area (Å²) in [6.07, 6.45) is 1.20. The Hall–Kier alpha value is -2.91.